The molecule has 1 N–H and O–H groups in total. The van der Waals surface area contributed by atoms with E-state index in [1.807, 2.05) is 12.4 Å². The molecule has 0 aromatic carbocycles. The van der Waals surface area contributed by atoms with Gasteiger partial charge in [-0.1, -0.05) is 13.8 Å². The molecule has 0 bridgehead atoms. The maximum Gasteiger partial charge on any atom is 0.256 e. The van der Waals surface area contributed by atoms with Crippen LogP contribution >= 0.6 is 0 Å². The molecule has 1 aliphatic heterocycles. The van der Waals surface area contributed by atoms with Crippen LogP contribution < -0.4 is 5.32 Å². The van der Waals surface area contributed by atoms with Gasteiger partial charge in [-0.2, -0.15) is 5.10 Å². The molecule has 1 amide bonds. The van der Waals surface area contributed by atoms with Crippen molar-refractivity contribution in [3.8, 4) is 0 Å². The van der Waals surface area contributed by atoms with E-state index >= 15 is 0 Å². The van der Waals surface area contributed by atoms with Gasteiger partial charge in [0.2, 0.25) is 0 Å². The molecule has 8 heteroatoms. The predicted molar refractivity (Wildman–Crippen MR) is 92.5 cm³/mol. The molecule has 136 valence electrons. The standard InChI is InChI=1S/C17H25N5O3/c1-3-21(4-2)10-13-7-18-16-15(9-20-22(16)11-13)17(23)19-8-14-12-24-5-6-25-14/h7,9,11,14H,3-6,8,10,12H2,1-2H3,(H,19,23). The molecule has 3 heterocycles. The zero-order valence-electron chi connectivity index (χ0n) is 14.8. The van der Waals surface area contributed by atoms with E-state index in [1.54, 1.807) is 10.7 Å². The first kappa shape index (κ1) is 17.8. The average Bonchev–Trinajstić information content (AvgIpc) is 3.08. The summed E-state index contributed by atoms with van der Waals surface area (Å²) < 4.78 is 12.5. The van der Waals surface area contributed by atoms with Gasteiger partial charge in [0, 0.05) is 31.0 Å². The topological polar surface area (TPSA) is 81.0 Å². The lowest BCUT2D eigenvalue weighted by atomic mass is 10.2. The number of carbonyl (C=O) groups excluding carboxylic acids is 1. The van der Waals surface area contributed by atoms with Crippen molar-refractivity contribution in [1.29, 1.82) is 0 Å². The molecule has 2 aromatic heterocycles. The van der Waals surface area contributed by atoms with Crippen LogP contribution in [0.4, 0.5) is 0 Å². The zero-order chi connectivity index (χ0) is 17.6. The highest BCUT2D eigenvalue weighted by Gasteiger charge is 2.18. The molecule has 1 unspecified atom stereocenters. The number of aromatic nitrogens is 3. The molecule has 1 fully saturated rings. The molecule has 0 radical (unpaired) electrons. The van der Waals surface area contributed by atoms with Gasteiger partial charge in [-0.05, 0) is 13.1 Å². The monoisotopic (exact) mass is 347 g/mol. The SMILES string of the molecule is CCN(CC)Cc1cnc2c(C(=O)NCC3COCCO3)cnn2c1. The maximum atomic E-state index is 12.4. The summed E-state index contributed by atoms with van der Waals surface area (Å²) in [5, 5.41) is 7.14. The molecule has 1 atom stereocenters. The smallest absolute Gasteiger partial charge is 0.256 e. The van der Waals surface area contributed by atoms with Gasteiger partial charge in [0.15, 0.2) is 5.65 Å². The second-order valence-electron chi connectivity index (χ2n) is 6.03. The lowest BCUT2D eigenvalue weighted by molar-refractivity contribution is -0.0855. The van der Waals surface area contributed by atoms with Gasteiger partial charge in [0.25, 0.3) is 5.91 Å². The van der Waals surface area contributed by atoms with Crippen LogP contribution in [-0.4, -0.2) is 71.0 Å². The minimum absolute atomic E-state index is 0.104. The minimum Gasteiger partial charge on any atom is -0.376 e. The maximum absolute atomic E-state index is 12.4. The molecule has 0 spiro atoms. The van der Waals surface area contributed by atoms with E-state index in [4.69, 9.17) is 9.47 Å². The first-order valence-corrected chi connectivity index (χ1v) is 8.73. The summed E-state index contributed by atoms with van der Waals surface area (Å²) >= 11 is 0. The Bertz CT molecular complexity index is 707. The second kappa shape index (κ2) is 8.37. The Balaban J connectivity index is 1.66. The third-order valence-electron chi connectivity index (χ3n) is 4.33. The van der Waals surface area contributed by atoms with Crippen LogP contribution in [0.1, 0.15) is 29.8 Å². The molecule has 25 heavy (non-hydrogen) atoms. The Kier molecular flexibility index (Phi) is 5.95. The normalized spacial score (nSPS) is 18.0. The highest BCUT2D eigenvalue weighted by atomic mass is 16.6. The van der Waals surface area contributed by atoms with Crippen molar-refractivity contribution >= 4 is 11.6 Å². The predicted octanol–water partition coefficient (Wildman–Crippen LogP) is 0.716. The van der Waals surface area contributed by atoms with E-state index < -0.39 is 0 Å². The quantitative estimate of drug-likeness (QED) is 0.795. The largest absolute Gasteiger partial charge is 0.376 e. The van der Waals surface area contributed by atoms with Gasteiger partial charge in [-0.3, -0.25) is 9.69 Å². The average molecular weight is 347 g/mol. The molecule has 8 nitrogen and oxygen atoms in total. The van der Waals surface area contributed by atoms with Gasteiger partial charge in [0.05, 0.1) is 32.1 Å². The summed E-state index contributed by atoms with van der Waals surface area (Å²) in [5.74, 6) is -0.201. The second-order valence-corrected chi connectivity index (χ2v) is 6.03. The molecule has 2 aromatic rings. The molecular weight excluding hydrogens is 322 g/mol. The zero-order valence-corrected chi connectivity index (χ0v) is 14.8. The van der Waals surface area contributed by atoms with Gasteiger partial charge in [0.1, 0.15) is 5.56 Å². The van der Waals surface area contributed by atoms with Crippen molar-refractivity contribution in [3.05, 3.63) is 29.7 Å². The molecule has 0 saturated carbocycles. The van der Waals surface area contributed by atoms with Crippen LogP contribution in [-0.2, 0) is 16.0 Å². The molecule has 3 rings (SSSR count). The van der Waals surface area contributed by atoms with Gasteiger partial charge >= 0.3 is 0 Å². The van der Waals surface area contributed by atoms with Crippen LogP contribution in [0.2, 0.25) is 0 Å². The number of carbonyl (C=O) groups is 1. The third-order valence-corrected chi connectivity index (χ3v) is 4.33. The Morgan fingerprint density at radius 3 is 2.92 bits per heavy atom. The van der Waals surface area contributed by atoms with Crippen LogP contribution in [0.3, 0.4) is 0 Å². The summed E-state index contributed by atoms with van der Waals surface area (Å²) in [6, 6.07) is 0. The fraction of sp³-hybridized carbons (Fsp3) is 0.588. The number of amides is 1. The summed E-state index contributed by atoms with van der Waals surface area (Å²) in [6.45, 7) is 9.13. The number of fused-ring (bicyclic) bond motifs is 1. The fourth-order valence-corrected chi connectivity index (χ4v) is 2.82. The van der Waals surface area contributed by atoms with Crippen LogP contribution in [0.15, 0.2) is 18.6 Å². The van der Waals surface area contributed by atoms with Crippen molar-refractivity contribution in [1.82, 2.24) is 24.8 Å². The number of hydrogen-bond acceptors (Lipinski definition) is 6. The number of rotatable bonds is 7. The van der Waals surface area contributed by atoms with Crippen molar-refractivity contribution in [2.24, 2.45) is 0 Å². The van der Waals surface area contributed by atoms with Crippen molar-refractivity contribution < 1.29 is 14.3 Å². The summed E-state index contributed by atoms with van der Waals surface area (Å²) in [7, 11) is 0. The Hall–Kier alpha value is -2.03. The lowest BCUT2D eigenvalue weighted by Gasteiger charge is -2.22. The van der Waals surface area contributed by atoms with E-state index in [-0.39, 0.29) is 12.0 Å². The minimum atomic E-state index is -0.201. The van der Waals surface area contributed by atoms with E-state index in [2.05, 4.69) is 34.1 Å². The first-order chi connectivity index (χ1) is 12.2. The summed E-state index contributed by atoms with van der Waals surface area (Å²) in [5.41, 5.74) is 2.09. The number of hydrogen-bond donors (Lipinski definition) is 1. The van der Waals surface area contributed by atoms with Gasteiger partial charge < -0.3 is 14.8 Å². The summed E-state index contributed by atoms with van der Waals surface area (Å²) in [4.78, 5) is 19.1. The highest BCUT2D eigenvalue weighted by molar-refractivity contribution is 5.99. The van der Waals surface area contributed by atoms with Crippen molar-refractivity contribution in [3.63, 3.8) is 0 Å². The van der Waals surface area contributed by atoms with Crippen molar-refractivity contribution in [2.45, 2.75) is 26.5 Å². The van der Waals surface area contributed by atoms with E-state index in [0.29, 0.717) is 37.6 Å². The van der Waals surface area contributed by atoms with E-state index in [9.17, 15) is 4.79 Å². The van der Waals surface area contributed by atoms with Crippen LogP contribution in [0.5, 0.6) is 0 Å². The van der Waals surface area contributed by atoms with Crippen LogP contribution in [0.25, 0.3) is 5.65 Å². The molecular formula is C17H25N5O3. The van der Waals surface area contributed by atoms with E-state index in [1.165, 1.54) is 0 Å². The third kappa shape index (κ3) is 4.33. The Morgan fingerprint density at radius 1 is 1.36 bits per heavy atom. The molecule has 0 aliphatic carbocycles. The van der Waals surface area contributed by atoms with Gasteiger partial charge in [-0.15, -0.1) is 0 Å². The Labute approximate surface area is 147 Å². The lowest BCUT2D eigenvalue weighted by Crippen LogP contribution is -2.39. The molecule has 1 saturated heterocycles. The van der Waals surface area contributed by atoms with Crippen LogP contribution in [0, 0.1) is 0 Å². The van der Waals surface area contributed by atoms with Gasteiger partial charge in [-0.25, -0.2) is 9.50 Å². The molecule has 1 aliphatic rings. The number of ether oxygens (including phenoxy) is 2. The summed E-state index contributed by atoms with van der Waals surface area (Å²) in [6.07, 6.45) is 5.18. The fourth-order valence-electron chi connectivity index (χ4n) is 2.82. The first-order valence-electron chi connectivity index (χ1n) is 8.73. The highest BCUT2D eigenvalue weighted by Crippen LogP contribution is 2.11. The van der Waals surface area contributed by atoms with E-state index in [0.717, 1.165) is 25.2 Å². The number of nitrogens with one attached hydrogen (secondary N) is 1. The van der Waals surface area contributed by atoms with Crippen molar-refractivity contribution in [2.75, 3.05) is 39.5 Å². The number of nitrogens with zero attached hydrogens (tertiary/aromatic N) is 4. The Morgan fingerprint density at radius 2 is 2.20 bits per heavy atom.